The van der Waals surface area contributed by atoms with Crippen molar-refractivity contribution in [1.29, 1.82) is 0 Å². The van der Waals surface area contributed by atoms with E-state index in [1.807, 2.05) is 7.05 Å². The van der Waals surface area contributed by atoms with Crippen molar-refractivity contribution in [2.75, 3.05) is 33.2 Å². The number of hydrogen-bond donors (Lipinski definition) is 2. The normalized spacial score (nSPS) is 19.6. The van der Waals surface area contributed by atoms with Gasteiger partial charge in [0.25, 0.3) is 0 Å². The number of piperidine rings is 1. The van der Waals surface area contributed by atoms with Crippen LogP contribution in [-0.4, -0.2) is 54.7 Å². The Balaban J connectivity index is 2.43. The maximum Gasteiger partial charge on any atom is 0.323 e. The molecule has 1 fully saturated rings. The van der Waals surface area contributed by atoms with Crippen LogP contribution in [0.15, 0.2) is 5.11 Å². The van der Waals surface area contributed by atoms with Crippen LogP contribution < -0.4 is 5.32 Å². The number of carboxylic acids is 1. The predicted molar refractivity (Wildman–Crippen MR) is 63.7 cm³/mol. The Morgan fingerprint density at radius 3 is 2.76 bits per heavy atom. The number of azide groups is 1. The number of nitrogens with one attached hydrogen (secondary N) is 1. The average molecular weight is 241 g/mol. The maximum atomic E-state index is 11.3. The smallest absolute Gasteiger partial charge is 0.323 e. The van der Waals surface area contributed by atoms with Crippen molar-refractivity contribution in [1.82, 2.24) is 10.2 Å². The molecule has 1 saturated heterocycles. The molecule has 7 heteroatoms. The Labute approximate surface area is 100 Å². The summed E-state index contributed by atoms with van der Waals surface area (Å²) >= 11 is 0. The third kappa shape index (κ3) is 3.89. The van der Waals surface area contributed by atoms with E-state index in [9.17, 15) is 9.90 Å². The highest BCUT2D eigenvalue weighted by Crippen LogP contribution is 2.21. The van der Waals surface area contributed by atoms with Crippen molar-refractivity contribution in [3.05, 3.63) is 10.4 Å². The van der Waals surface area contributed by atoms with Gasteiger partial charge >= 0.3 is 5.97 Å². The second-order valence-electron chi connectivity index (χ2n) is 4.43. The van der Waals surface area contributed by atoms with Crippen LogP contribution in [0.3, 0.4) is 0 Å². The second kappa shape index (κ2) is 6.44. The van der Waals surface area contributed by atoms with Gasteiger partial charge in [-0.3, -0.25) is 4.79 Å². The van der Waals surface area contributed by atoms with Crippen molar-refractivity contribution >= 4 is 5.97 Å². The third-order valence-electron chi connectivity index (χ3n) is 3.21. The van der Waals surface area contributed by atoms with Gasteiger partial charge in [0.05, 0.1) is 0 Å². The lowest BCUT2D eigenvalue weighted by molar-refractivity contribution is -0.147. The highest BCUT2D eigenvalue weighted by Gasteiger charge is 2.40. The first kappa shape index (κ1) is 13.8. The molecule has 0 atom stereocenters. The van der Waals surface area contributed by atoms with Gasteiger partial charge in [-0.05, 0) is 38.4 Å². The van der Waals surface area contributed by atoms with Crippen molar-refractivity contribution in [3.8, 4) is 0 Å². The van der Waals surface area contributed by atoms with Gasteiger partial charge in [-0.2, -0.15) is 0 Å². The lowest BCUT2D eigenvalue weighted by Gasteiger charge is -2.38. The molecular weight excluding hydrogens is 222 g/mol. The molecule has 1 rings (SSSR count). The summed E-state index contributed by atoms with van der Waals surface area (Å²) in [6.45, 7) is 2.54. The largest absolute Gasteiger partial charge is 0.480 e. The second-order valence-corrected chi connectivity index (χ2v) is 4.43. The van der Waals surface area contributed by atoms with Crippen LogP contribution >= 0.6 is 0 Å². The Kier molecular flexibility index (Phi) is 5.21. The molecule has 96 valence electrons. The van der Waals surface area contributed by atoms with E-state index in [-0.39, 0.29) is 0 Å². The van der Waals surface area contributed by atoms with E-state index in [1.165, 1.54) is 0 Å². The number of nitrogens with zero attached hydrogens (tertiary/aromatic N) is 4. The van der Waals surface area contributed by atoms with E-state index in [0.29, 0.717) is 32.4 Å². The fraction of sp³-hybridized carbons (Fsp3) is 0.900. The molecule has 0 aliphatic carbocycles. The number of carboxylic acid groups (broad SMARTS) is 1. The monoisotopic (exact) mass is 241 g/mol. The number of likely N-dealkylation sites (tertiary alicyclic amines) is 1. The molecule has 0 saturated carbocycles. The van der Waals surface area contributed by atoms with Crippen LogP contribution in [0.5, 0.6) is 0 Å². The quantitative estimate of drug-likeness (QED) is 0.311. The number of rotatable bonds is 6. The SMILES string of the molecule is CN1CCC(NCCCN=[N+]=[N-])(C(=O)O)CC1. The summed E-state index contributed by atoms with van der Waals surface area (Å²) in [4.78, 5) is 16.1. The van der Waals surface area contributed by atoms with Gasteiger partial charge in [-0.15, -0.1) is 0 Å². The highest BCUT2D eigenvalue weighted by molar-refractivity contribution is 5.79. The number of carbonyl (C=O) groups is 1. The minimum absolute atomic E-state index is 0.402. The van der Waals surface area contributed by atoms with Crippen molar-refractivity contribution in [3.63, 3.8) is 0 Å². The lowest BCUT2D eigenvalue weighted by atomic mass is 9.87. The molecule has 17 heavy (non-hydrogen) atoms. The maximum absolute atomic E-state index is 11.3. The van der Waals surface area contributed by atoms with Gasteiger partial charge < -0.3 is 15.3 Å². The van der Waals surface area contributed by atoms with Crippen LogP contribution in [0.25, 0.3) is 10.4 Å². The first-order valence-corrected chi connectivity index (χ1v) is 5.78. The minimum Gasteiger partial charge on any atom is -0.480 e. The molecule has 0 spiro atoms. The molecule has 0 aromatic rings. The molecule has 0 bridgehead atoms. The fourth-order valence-electron chi connectivity index (χ4n) is 1.99. The van der Waals surface area contributed by atoms with Crippen LogP contribution in [0.2, 0.25) is 0 Å². The first-order chi connectivity index (χ1) is 8.10. The Morgan fingerprint density at radius 1 is 1.59 bits per heavy atom. The molecular formula is C10H19N5O2. The predicted octanol–water partition coefficient (Wildman–Crippen LogP) is 0.825. The molecule has 7 nitrogen and oxygen atoms in total. The molecule has 1 aliphatic rings. The molecule has 0 aromatic heterocycles. The van der Waals surface area contributed by atoms with Crippen LogP contribution in [0, 0.1) is 0 Å². The molecule has 0 unspecified atom stereocenters. The van der Waals surface area contributed by atoms with Gasteiger partial charge in [0, 0.05) is 24.5 Å². The van der Waals surface area contributed by atoms with E-state index >= 15 is 0 Å². The first-order valence-electron chi connectivity index (χ1n) is 5.78. The van der Waals surface area contributed by atoms with E-state index < -0.39 is 11.5 Å². The zero-order valence-corrected chi connectivity index (χ0v) is 10.1. The summed E-state index contributed by atoms with van der Waals surface area (Å²) in [6, 6.07) is 0. The molecule has 0 aromatic carbocycles. The summed E-state index contributed by atoms with van der Waals surface area (Å²) in [5.41, 5.74) is 7.32. The molecule has 1 heterocycles. The average Bonchev–Trinajstić information content (AvgIpc) is 2.31. The zero-order valence-electron chi connectivity index (χ0n) is 10.1. The molecule has 0 amide bonds. The van der Waals surface area contributed by atoms with E-state index in [1.54, 1.807) is 0 Å². The van der Waals surface area contributed by atoms with Gasteiger partial charge in [-0.25, -0.2) is 0 Å². The summed E-state index contributed by atoms with van der Waals surface area (Å²) in [5.74, 6) is -0.783. The van der Waals surface area contributed by atoms with E-state index in [2.05, 4.69) is 20.2 Å². The van der Waals surface area contributed by atoms with Crippen molar-refractivity contribution in [2.45, 2.75) is 24.8 Å². The van der Waals surface area contributed by atoms with Gasteiger partial charge in [0.15, 0.2) is 0 Å². The van der Waals surface area contributed by atoms with Gasteiger partial charge in [-0.1, -0.05) is 5.11 Å². The Bertz CT molecular complexity index is 306. The lowest BCUT2D eigenvalue weighted by Crippen LogP contribution is -2.58. The van der Waals surface area contributed by atoms with Crippen molar-refractivity contribution < 1.29 is 9.90 Å². The van der Waals surface area contributed by atoms with Crippen molar-refractivity contribution in [2.24, 2.45) is 5.11 Å². The van der Waals surface area contributed by atoms with Crippen LogP contribution in [-0.2, 0) is 4.79 Å². The van der Waals surface area contributed by atoms with E-state index in [0.717, 1.165) is 13.1 Å². The summed E-state index contributed by atoms with van der Waals surface area (Å²) < 4.78 is 0. The Morgan fingerprint density at radius 2 is 2.24 bits per heavy atom. The number of hydrogen-bond acceptors (Lipinski definition) is 4. The topological polar surface area (TPSA) is 101 Å². The Hall–Kier alpha value is -1.30. The van der Waals surface area contributed by atoms with Crippen LogP contribution in [0.4, 0.5) is 0 Å². The van der Waals surface area contributed by atoms with Gasteiger partial charge in [0.1, 0.15) is 5.54 Å². The molecule has 0 radical (unpaired) electrons. The molecule has 1 aliphatic heterocycles. The zero-order chi connectivity index (χ0) is 12.7. The number of aliphatic carboxylic acids is 1. The molecule has 2 N–H and O–H groups in total. The third-order valence-corrected chi connectivity index (χ3v) is 3.21. The van der Waals surface area contributed by atoms with E-state index in [4.69, 9.17) is 5.53 Å². The van der Waals surface area contributed by atoms with Crippen LogP contribution in [0.1, 0.15) is 19.3 Å². The summed E-state index contributed by atoms with van der Waals surface area (Å²) in [7, 11) is 1.99. The summed E-state index contributed by atoms with van der Waals surface area (Å²) in [5, 5.41) is 15.8. The summed E-state index contributed by atoms with van der Waals surface area (Å²) in [6.07, 6.45) is 1.88. The fourth-order valence-corrected chi connectivity index (χ4v) is 1.99. The standard InChI is InChI=1S/C10H19N5O2/c1-15-7-3-10(4-8-15,9(16)17)12-5-2-6-13-14-11/h12H,2-8H2,1H3,(H,16,17). The minimum atomic E-state index is -0.803. The highest BCUT2D eigenvalue weighted by atomic mass is 16.4. The van der Waals surface area contributed by atoms with Gasteiger partial charge in [0.2, 0.25) is 0 Å².